The van der Waals surface area contributed by atoms with Crippen LogP contribution in [0.25, 0.3) is 0 Å². The molecule has 3 nitrogen and oxygen atoms in total. The molecule has 1 aromatic carbocycles. The van der Waals surface area contributed by atoms with Gasteiger partial charge in [-0.15, -0.1) is 0 Å². The lowest BCUT2D eigenvalue weighted by Crippen LogP contribution is -2.39. The van der Waals surface area contributed by atoms with E-state index >= 15 is 0 Å². The van der Waals surface area contributed by atoms with E-state index in [1.165, 1.54) is 6.92 Å². The Morgan fingerprint density at radius 1 is 1.29 bits per heavy atom. The number of carbonyl (C=O) groups excluding carboxylic acids is 1. The number of amides is 1. The van der Waals surface area contributed by atoms with E-state index in [2.05, 4.69) is 5.32 Å². The molecule has 0 aliphatic carbocycles. The number of anilines is 1. The molecule has 3 N–H and O–H groups in total. The maximum Gasteiger partial charge on any atom is 0.241 e. The second kappa shape index (κ2) is 5.23. The maximum atomic E-state index is 13.4. The second-order valence-electron chi connectivity index (χ2n) is 4.34. The third-order valence-electron chi connectivity index (χ3n) is 2.53. The molecule has 0 aromatic heterocycles. The highest BCUT2D eigenvalue weighted by molar-refractivity contribution is 5.94. The van der Waals surface area contributed by atoms with E-state index in [0.29, 0.717) is 0 Å². The Bertz CT molecular complexity index is 433. The normalized spacial score (nSPS) is 12.6. The summed E-state index contributed by atoms with van der Waals surface area (Å²) in [4.78, 5) is 11.6. The number of rotatable bonds is 3. The number of hydrogen-bond donors (Lipinski definition) is 2. The fourth-order valence-electron chi connectivity index (χ4n) is 1.26. The van der Waals surface area contributed by atoms with E-state index in [9.17, 15) is 13.6 Å². The van der Waals surface area contributed by atoms with E-state index in [-0.39, 0.29) is 17.2 Å². The Balaban J connectivity index is 2.89. The SMILES string of the molecule is Cc1cc(F)c(NC(=O)C(N)C(C)C)cc1F. The molecule has 1 rings (SSSR count). The number of nitrogens with two attached hydrogens (primary N) is 1. The maximum absolute atomic E-state index is 13.4. The monoisotopic (exact) mass is 242 g/mol. The zero-order valence-electron chi connectivity index (χ0n) is 10.1. The Hall–Kier alpha value is -1.49. The summed E-state index contributed by atoms with van der Waals surface area (Å²) in [5, 5.41) is 2.28. The van der Waals surface area contributed by atoms with Gasteiger partial charge in [-0.25, -0.2) is 8.78 Å². The van der Waals surface area contributed by atoms with Gasteiger partial charge in [0.2, 0.25) is 5.91 Å². The van der Waals surface area contributed by atoms with Crippen LogP contribution < -0.4 is 11.1 Å². The van der Waals surface area contributed by atoms with Gasteiger partial charge >= 0.3 is 0 Å². The number of benzene rings is 1. The van der Waals surface area contributed by atoms with E-state index in [4.69, 9.17) is 5.73 Å². The van der Waals surface area contributed by atoms with Gasteiger partial charge in [-0.3, -0.25) is 4.79 Å². The first-order valence-corrected chi connectivity index (χ1v) is 5.35. The molecule has 0 aliphatic rings. The smallest absolute Gasteiger partial charge is 0.241 e. The van der Waals surface area contributed by atoms with Gasteiger partial charge in [0.15, 0.2) is 0 Å². The van der Waals surface area contributed by atoms with Crippen molar-refractivity contribution in [2.75, 3.05) is 5.32 Å². The predicted octanol–water partition coefficient (Wildman–Crippen LogP) is 2.20. The second-order valence-corrected chi connectivity index (χ2v) is 4.34. The summed E-state index contributed by atoms with van der Waals surface area (Å²) >= 11 is 0. The van der Waals surface area contributed by atoms with Crippen molar-refractivity contribution in [3.8, 4) is 0 Å². The van der Waals surface area contributed by atoms with Crippen LogP contribution in [0.5, 0.6) is 0 Å². The van der Waals surface area contributed by atoms with Crippen molar-refractivity contribution in [1.29, 1.82) is 0 Å². The van der Waals surface area contributed by atoms with Crippen molar-refractivity contribution in [3.63, 3.8) is 0 Å². The average Bonchev–Trinajstić information content (AvgIpc) is 2.24. The summed E-state index contributed by atoms with van der Waals surface area (Å²) in [6.07, 6.45) is 0. The lowest BCUT2D eigenvalue weighted by atomic mass is 10.0. The molecule has 1 amide bonds. The standard InChI is InChI=1S/C12H16F2N2O/c1-6(2)11(15)12(17)16-10-5-8(13)7(3)4-9(10)14/h4-6,11H,15H2,1-3H3,(H,16,17). The number of aryl methyl sites for hydroxylation is 1. The quantitative estimate of drug-likeness (QED) is 0.853. The average molecular weight is 242 g/mol. The van der Waals surface area contributed by atoms with Crippen molar-refractivity contribution in [2.24, 2.45) is 11.7 Å². The number of halogens is 2. The van der Waals surface area contributed by atoms with Gasteiger partial charge in [0.25, 0.3) is 0 Å². The zero-order valence-corrected chi connectivity index (χ0v) is 10.1. The fourth-order valence-corrected chi connectivity index (χ4v) is 1.26. The molecule has 0 saturated carbocycles. The highest BCUT2D eigenvalue weighted by Gasteiger charge is 2.19. The van der Waals surface area contributed by atoms with Crippen LogP contribution in [-0.4, -0.2) is 11.9 Å². The van der Waals surface area contributed by atoms with Crippen LogP contribution in [0.3, 0.4) is 0 Å². The minimum atomic E-state index is -0.751. The molecule has 5 heteroatoms. The zero-order chi connectivity index (χ0) is 13.2. The fraction of sp³-hybridized carbons (Fsp3) is 0.417. The molecule has 1 unspecified atom stereocenters. The van der Waals surface area contributed by atoms with Crippen molar-refractivity contribution in [2.45, 2.75) is 26.8 Å². The molecule has 17 heavy (non-hydrogen) atoms. The summed E-state index contributed by atoms with van der Waals surface area (Å²) in [7, 11) is 0. The van der Waals surface area contributed by atoms with E-state index < -0.39 is 23.6 Å². The van der Waals surface area contributed by atoms with E-state index in [1.807, 2.05) is 0 Å². The predicted molar refractivity (Wildman–Crippen MR) is 62.5 cm³/mol. The van der Waals surface area contributed by atoms with Crippen LogP contribution >= 0.6 is 0 Å². The number of nitrogens with one attached hydrogen (secondary N) is 1. The molecule has 94 valence electrons. The largest absolute Gasteiger partial charge is 0.322 e. The van der Waals surface area contributed by atoms with E-state index in [0.717, 1.165) is 12.1 Å². The van der Waals surface area contributed by atoms with Gasteiger partial charge in [-0.2, -0.15) is 0 Å². The first-order chi connectivity index (χ1) is 7.82. The van der Waals surface area contributed by atoms with Crippen LogP contribution in [0.2, 0.25) is 0 Å². The third-order valence-corrected chi connectivity index (χ3v) is 2.53. The molecule has 1 aromatic rings. The van der Waals surface area contributed by atoms with Crippen LogP contribution in [0, 0.1) is 24.5 Å². The first-order valence-electron chi connectivity index (χ1n) is 5.35. The molecular weight excluding hydrogens is 226 g/mol. The van der Waals surface area contributed by atoms with Gasteiger partial charge in [-0.1, -0.05) is 13.8 Å². The van der Waals surface area contributed by atoms with Crippen molar-refractivity contribution in [1.82, 2.24) is 0 Å². The number of carbonyl (C=O) groups is 1. The van der Waals surface area contributed by atoms with Crippen LogP contribution in [0.4, 0.5) is 14.5 Å². The minimum Gasteiger partial charge on any atom is -0.322 e. The lowest BCUT2D eigenvalue weighted by molar-refractivity contribution is -0.118. The molecule has 0 aliphatic heterocycles. The summed E-state index contributed by atoms with van der Waals surface area (Å²) in [6, 6.07) is 1.24. The Labute approximate surface area is 99.0 Å². The highest BCUT2D eigenvalue weighted by atomic mass is 19.1. The molecule has 0 fully saturated rings. The molecule has 0 spiro atoms. The van der Waals surface area contributed by atoms with Gasteiger partial charge in [0.1, 0.15) is 11.6 Å². The summed E-state index contributed by atoms with van der Waals surface area (Å²) in [5.74, 6) is -1.84. The van der Waals surface area contributed by atoms with Gasteiger partial charge in [-0.05, 0) is 24.5 Å². The summed E-state index contributed by atoms with van der Waals surface area (Å²) < 4.78 is 26.7. The topological polar surface area (TPSA) is 55.1 Å². The molecule has 0 saturated heterocycles. The molecule has 1 atom stereocenters. The van der Waals surface area contributed by atoms with Gasteiger partial charge < -0.3 is 11.1 Å². The Morgan fingerprint density at radius 2 is 1.88 bits per heavy atom. The van der Waals surface area contributed by atoms with Crippen LogP contribution in [0.15, 0.2) is 12.1 Å². The first kappa shape index (κ1) is 13.6. The Morgan fingerprint density at radius 3 is 2.41 bits per heavy atom. The Kier molecular flexibility index (Phi) is 4.17. The third kappa shape index (κ3) is 3.23. The molecular formula is C12H16F2N2O. The minimum absolute atomic E-state index is 0.0756. The van der Waals surface area contributed by atoms with Crippen molar-refractivity contribution < 1.29 is 13.6 Å². The van der Waals surface area contributed by atoms with Crippen molar-refractivity contribution in [3.05, 3.63) is 29.3 Å². The van der Waals surface area contributed by atoms with Gasteiger partial charge in [0, 0.05) is 6.07 Å². The molecule has 0 radical (unpaired) electrons. The summed E-state index contributed by atoms with van der Waals surface area (Å²) in [6.45, 7) is 5.00. The lowest BCUT2D eigenvalue weighted by Gasteiger charge is -2.15. The van der Waals surface area contributed by atoms with Gasteiger partial charge in [0.05, 0.1) is 11.7 Å². The number of hydrogen-bond acceptors (Lipinski definition) is 2. The van der Waals surface area contributed by atoms with E-state index in [1.54, 1.807) is 13.8 Å². The molecule has 0 heterocycles. The van der Waals surface area contributed by atoms with Crippen molar-refractivity contribution >= 4 is 11.6 Å². The molecule has 0 bridgehead atoms. The summed E-state index contributed by atoms with van der Waals surface area (Å²) in [5.41, 5.74) is 5.60. The highest BCUT2D eigenvalue weighted by Crippen LogP contribution is 2.19. The van der Waals surface area contributed by atoms with Crippen LogP contribution in [0.1, 0.15) is 19.4 Å². The van der Waals surface area contributed by atoms with Crippen LogP contribution in [-0.2, 0) is 4.79 Å².